The number of carbonyl (C=O) groups excluding carboxylic acids is 1. The molecule has 0 bridgehead atoms. The molecule has 7 nitrogen and oxygen atoms in total. The molecule has 1 N–H and O–H groups in total. The van der Waals surface area contributed by atoms with Gasteiger partial charge in [-0.2, -0.15) is 0 Å². The summed E-state index contributed by atoms with van der Waals surface area (Å²) in [6.45, 7) is 10.4. The van der Waals surface area contributed by atoms with Crippen LogP contribution in [0.1, 0.15) is 44.7 Å². The molecule has 3 aromatic rings. The van der Waals surface area contributed by atoms with Gasteiger partial charge in [-0.15, -0.1) is 0 Å². The first-order valence-corrected chi connectivity index (χ1v) is 13.7. The molecule has 0 fully saturated rings. The summed E-state index contributed by atoms with van der Waals surface area (Å²) in [5.74, 6) is 2.01. The van der Waals surface area contributed by atoms with Gasteiger partial charge in [-0.1, -0.05) is 56.3 Å². The summed E-state index contributed by atoms with van der Waals surface area (Å²) in [7, 11) is 3.25. The van der Waals surface area contributed by atoms with E-state index in [2.05, 4.69) is 31.0 Å². The van der Waals surface area contributed by atoms with Crippen LogP contribution in [0, 0.1) is 0 Å². The van der Waals surface area contributed by atoms with Crippen molar-refractivity contribution in [3.05, 3.63) is 83.9 Å². The Hall–Kier alpha value is -3.71. The Labute approximate surface area is 233 Å². The number of methoxy groups -OCH3 is 2. The highest BCUT2D eigenvalue weighted by Gasteiger charge is 2.22. The molecule has 0 saturated carbocycles. The number of hydrogen-bond donors (Lipinski definition) is 1. The Bertz CT molecular complexity index is 1150. The third-order valence-electron chi connectivity index (χ3n) is 6.92. The van der Waals surface area contributed by atoms with Crippen molar-refractivity contribution in [2.24, 2.45) is 0 Å². The Morgan fingerprint density at radius 3 is 2.33 bits per heavy atom. The number of urea groups is 1. The minimum atomic E-state index is -0.152. The van der Waals surface area contributed by atoms with E-state index in [9.17, 15) is 4.79 Å². The highest BCUT2D eigenvalue weighted by Crippen LogP contribution is 2.30. The molecule has 0 aliphatic rings. The number of nitrogens with zero attached hydrogens (tertiary/aromatic N) is 2. The normalized spacial score (nSPS) is 11.6. The minimum absolute atomic E-state index is 0.0296. The fourth-order valence-corrected chi connectivity index (χ4v) is 4.49. The molecular formula is C32H43N3O4. The molecule has 3 aromatic carbocycles. The molecule has 3 rings (SSSR count). The molecule has 0 radical (unpaired) electrons. The minimum Gasteiger partial charge on any atom is -0.497 e. The van der Waals surface area contributed by atoms with Gasteiger partial charge in [0.25, 0.3) is 0 Å². The number of hydrogen-bond acceptors (Lipinski definition) is 5. The number of rotatable bonds is 15. The highest BCUT2D eigenvalue weighted by atomic mass is 16.5. The van der Waals surface area contributed by atoms with E-state index in [-0.39, 0.29) is 12.1 Å². The van der Waals surface area contributed by atoms with Crippen molar-refractivity contribution < 1.29 is 19.0 Å². The highest BCUT2D eigenvalue weighted by molar-refractivity contribution is 5.89. The van der Waals surface area contributed by atoms with Crippen LogP contribution in [0.3, 0.4) is 0 Å². The summed E-state index contributed by atoms with van der Waals surface area (Å²) in [5, 5.41) is 3.06. The summed E-state index contributed by atoms with van der Waals surface area (Å²) in [6.07, 6.45) is 1.91. The molecule has 0 aliphatic carbocycles. The third-order valence-corrected chi connectivity index (χ3v) is 6.92. The lowest BCUT2D eigenvalue weighted by Crippen LogP contribution is -2.41. The monoisotopic (exact) mass is 533 g/mol. The van der Waals surface area contributed by atoms with Crippen molar-refractivity contribution in [2.75, 3.05) is 39.2 Å². The van der Waals surface area contributed by atoms with Crippen molar-refractivity contribution in [2.45, 2.75) is 52.8 Å². The smallest absolute Gasteiger partial charge is 0.322 e. The average Bonchev–Trinajstić information content (AvgIpc) is 2.97. The number of benzene rings is 3. The van der Waals surface area contributed by atoms with Crippen molar-refractivity contribution >= 4 is 11.7 Å². The first-order chi connectivity index (χ1) is 19.0. The van der Waals surface area contributed by atoms with E-state index >= 15 is 0 Å². The summed E-state index contributed by atoms with van der Waals surface area (Å²) in [6, 6.07) is 23.2. The first kappa shape index (κ1) is 29.8. The fourth-order valence-electron chi connectivity index (χ4n) is 4.49. The van der Waals surface area contributed by atoms with E-state index < -0.39 is 0 Å². The number of nitrogens with one attached hydrogen (secondary N) is 1. The third kappa shape index (κ3) is 9.21. The van der Waals surface area contributed by atoms with Gasteiger partial charge in [0.2, 0.25) is 0 Å². The summed E-state index contributed by atoms with van der Waals surface area (Å²) in [4.78, 5) is 17.9. The van der Waals surface area contributed by atoms with Crippen LogP contribution in [-0.4, -0.2) is 55.7 Å². The molecule has 7 heteroatoms. The fraction of sp³-hybridized carbons (Fsp3) is 0.406. The molecule has 39 heavy (non-hydrogen) atoms. The van der Waals surface area contributed by atoms with Gasteiger partial charge in [0, 0.05) is 24.3 Å². The van der Waals surface area contributed by atoms with Crippen molar-refractivity contribution in [3.8, 4) is 17.2 Å². The van der Waals surface area contributed by atoms with Crippen molar-refractivity contribution in [1.82, 2.24) is 9.80 Å². The van der Waals surface area contributed by atoms with E-state index in [1.807, 2.05) is 77.7 Å². The van der Waals surface area contributed by atoms with Crippen LogP contribution < -0.4 is 19.5 Å². The Kier molecular flexibility index (Phi) is 12.0. The summed E-state index contributed by atoms with van der Waals surface area (Å²) in [5.41, 5.74) is 2.74. The van der Waals surface area contributed by atoms with Crippen LogP contribution in [0.4, 0.5) is 10.5 Å². The van der Waals surface area contributed by atoms with E-state index in [1.165, 1.54) is 0 Å². The molecule has 0 heterocycles. The zero-order valence-corrected chi connectivity index (χ0v) is 24.0. The lowest BCUT2D eigenvalue weighted by molar-refractivity contribution is 0.180. The van der Waals surface area contributed by atoms with Gasteiger partial charge in [-0.3, -0.25) is 0 Å². The van der Waals surface area contributed by atoms with Gasteiger partial charge < -0.3 is 29.3 Å². The number of amides is 2. The van der Waals surface area contributed by atoms with Gasteiger partial charge in [0.05, 0.1) is 14.2 Å². The number of ether oxygens (including phenoxy) is 3. The van der Waals surface area contributed by atoms with Gasteiger partial charge >= 0.3 is 6.03 Å². The number of carbonyl (C=O) groups is 1. The first-order valence-electron chi connectivity index (χ1n) is 13.7. The molecule has 0 spiro atoms. The van der Waals surface area contributed by atoms with E-state index in [0.29, 0.717) is 36.1 Å². The van der Waals surface area contributed by atoms with Crippen LogP contribution in [0.15, 0.2) is 72.8 Å². The Morgan fingerprint density at radius 2 is 1.64 bits per heavy atom. The lowest BCUT2D eigenvalue weighted by Gasteiger charge is -2.30. The summed E-state index contributed by atoms with van der Waals surface area (Å²) < 4.78 is 17.0. The van der Waals surface area contributed by atoms with E-state index in [1.54, 1.807) is 14.2 Å². The van der Waals surface area contributed by atoms with Crippen molar-refractivity contribution in [3.63, 3.8) is 0 Å². The molecule has 210 valence electrons. The maximum Gasteiger partial charge on any atom is 0.322 e. The largest absolute Gasteiger partial charge is 0.497 e. The van der Waals surface area contributed by atoms with E-state index in [0.717, 1.165) is 43.6 Å². The maximum atomic E-state index is 13.6. The standard InChI is InChI=1S/C32H43N3O4/c1-6-34(7-2)20-12-13-25(3)35(32(36)33-28-16-11-17-29(22-28)37-4)23-27-18-19-30(38-5)31(21-27)39-24-26-14-9-8-10-15-26/h8-11,14-19,21-22,25H,6-7,12-13,20,23-24H2,1-5H3,(H,33,36). The van der Waals surface area contributed by atoms with Crippen LogP contribution >= 0.6 is 0 Å². The molecular weight excluding hydrogens is 490 g/mol. The van der Waals surface area contributed by atoms with Crippen LogP contribution in [0.2, 0.25) is 0 Å². The predicted molar refractivity (Wildman–Crippen MR) is 158 cm³/mol. The van der Waals surface area contributed by atoms with Crippen LogP contribution in [0.5, 0.6) is 17.2 Å². The second kappa shape index (κ2) is 15.6. The van der Waals surface area contributed by atoms with E-state index in [4.69, 9.17) is 14.2 Å². The van der Waals surface area contributed by atoms with Crippen LogP contribution in [-0.2, 0) is 13.2 Å². The molecule has 1 atom stereocenters. The maximum absolute atomic E-state index is 13.6. The van der Waals surface area contributed by atoms with Gasteiger partial charge in [0.1, 0.15) is 12.4 Å². The lowest BCUT2D eigenvalue weighted by atomic mass is 10.1. The van der Waals surface area contributed by atoms with Gasteiger partial charge in [-0.25, -0.2) is 4.79 Å². The Morgan fingerprint density at radius 1 is 0.872 bits per heavy atom. The molecule has 0 saturated heterocycles. The molecule has 2 amide bonds. The predicted octanol–water partition coefficient (Wildman–Crippen LogP) is 6.83. The summed E-state index contributed by atoms with van der Waals surface area (Å²) >= 11 is 0. The van der Waals surface area contributed by atoms with Gasteiger partial charge in [0.15, 0.2) is 11.5 Å². The SMILES string of the molecule is CCN(CC)CCCC(C)N(Cc1ccc(OC)c(OCc2ccccc2)c1)C(=O)Nc1cccc(OC)c1. The second-order valence-electron chi connectivity index (χ2n) is 9.57. The topological polar surface area (TPSA) is 63.3 Å². The molecule has 1 unspecified atom stereocenters. The zero-order chi connectivity index (χ0) is 28.0. The quantitative estimate of drug-likeness (QED) is 0.232. The second-order valence-corrected chi connectivity index (χ2v) is 9.57. The zero-order valence-electron chi connectivity index (χ0n) is 24.0. The number of anilines is 1. The Balaban J connectivity index is 1.78. The molecule has 0 aliphatic heterocycles. The van der Waals surface area contributed by atoms with Gasteiger partial charge in [-0.05, 0) is 74.8 Å². The van der Waals surface area contributed by atoms with Crippen LogP contribution in [0.25, 0.3) is 0 Å². The average molecular weight is 534 g/mol. The van der Waals surface area contributed by atoms with Crippen molar-refractivity contribution in [1.29, 1.82) is 0 Å². The molecule has 0 aromatic heterocycles.